The molecule has 2 nitrogen and oxygen atoms in total. The van der Waals surface area contributed by atoms with Crippen LogP contribution < -0.4 is 37.1 Å². The zero-order valence-electron chi connectivity index (χ0n) is 20.4. The Morgan fingerprint density at radius 3 is 1.32 bits per heavy atom. The topological polar surface area (TPSA) is 34.1 Å². The summed E-state index contributed by atoms with van der Waals surface area (Å²) in [6.45, 7) is -0.771. The normalized spacial score (nSPS) is 11.7. The van der Waals surface area contributed by atoms with Crippen molar-refractivity contribution in [3.05, 3.63) is 155 Å². The molecular weight excluding hydrogens is 606 g/mol. The molecule has 184 valence electrons. The van der Waals surface area contributed by atoms with Gasteiger partial charge in [-0.05, 0) is 47.1 Å². The Labute approximate surface area is 230 Å². The second-order valence-corrected chi connectivity index (χ2v) is 18.6. The minimum absolute atomic E-state index is 0.357. The van der Waals surface area contributed by atoms with Crippen LogP contribution in [0.5, 0.6) is 0 Å². The molecule has 0 saturated heterocycles. The van der Waals surface area contributed by atoms with Gasteiger partial charge in [-0.25, -0.2) is 8.42 Å². The molecule has 0 radical (unpaired) electrons. The maximum atomic E-state index is 14.8. The van der Waals surface area contributed by atoms with Crippen molar-refractivity contribution in [3.63, 3.8) is 0 Å². The van der Waals surface area contributed by atoms with E-state index in [0.717, 1.165) is 25.0 Å². The zero-order chi connectivity index (χ0) is 25.7. The first-order chi connectivity index (χ1) is 18.0. The SMILES string of the molecule is Cc1ccc(S(=O)(=O)C([I+]c2ccccc2)=P(c2ccccc2)(c2ccccc2)c2ccccc2)cc1. The highest BCUT2D eigenvalue weighted by atomic mass is 127. The summed E-state index contributed by atoms with van der Waals surface area (Å²) in [5.74, 6) is 0. The number of hydrogen-bond acceptors (Lipinski definition) is 2. The van der Waals surface area contributed by atoms with Crippen LogP contribution in [0, 0.1) is 10.5 Å². The van der Waals surface area contributed by atoms with Crippen molar-refractivity contribution >= 4 is 35.3 Å². The molecule has 5 heteroatoms. The molecule has 0 atom stereocenters. The molecule has 5 aromatic rings. The fraction of sp³-hybridized carbons (Fsp3) is 0.0312. The van der Waals surface area contributed by atoms with Gasteiger partial charge in [-0.2, -0.15) is 0 Å². The van der Waals surface area contributed by atoms with E-state index >= 15 is 0 Å². The van der Waals surface area contributed by atoms with Crippen LogP contribution in [-0.2, 0) is 9.84 Å². The van der Waals surface area contributed by atoms with E-state index in [2.05, 4.69) is 48.5 Å². The average molecular weight is 634 g/mol. The molecule has 5 rings (SSSR count). The molecule has 0 aliphatic heterocycles. The maximum absolute atomic E-state index is 14.8. The predicted octanol–water partition coefficient (Wildman–Crippen LogP) is 2.81. The van der Waals surface area contributed by atoms with Crippen molar-refractivity contribution in [2.24, 2.45) is 0 Å². The number of hydrogen-bond donors (Lipinski definition) is 0. The van der Waals surface area contributed by atoms with Gasteiger partial charge in [0.05, 0.1) is 4.90 Å². The number of benzene rings is 5. The van der Waals surface area contributed by atoms with Crippen molar-refractivity contribution in [2.75, 3.05) is 0 Å². The molecule has 0 N–H and O–H groups in total. The van der Waals surface area contributed by atoms with Gasteiger partial charge < -0.3 is 0 Å². The third-order valence-corrected chi connectivity index (χ3v) is 19.6. The van der Waals surface area contributed by atoms with Gasteiger partial charge in [-0.15, -0.1) is 0 Å². The van der Waals surface area contributed by atoms with Crippen LogP contribution >= 0.6 is 6.89 Å². The number of aryl methyl sites for hydroxylation is 1. The standard InChI is InChI=1S/C32H27IO2PS/c1-26-22-24-31(25-23-26)37(34,35)32(33-27-14-6-2-7-15-27)36(28-16-8-3-9-17-28,29-18-10-4-11-19-29)30-20-12-5-13-21-30/h2-25H,1H3/q+1. The van der Waals surface area contributed by atoms with Gasteiger partial charge in [0.2, 0.25) is 0 Å². The van der Waals surface area contributed by atoms with Crippen molar-refractivity contribution in [1.82, 2.24) is 0 Å². The fourth-order valence-corrected chi connectivity index (χ4v) is 19.2. The van der Waals surface area contributed by atoms with E-state index < -0.39 is 37.9 Å². The van der Waals surface area contributed by atoms with E-state index in [1.807, 2.05) is 91.9 Å². The van der Waals surface area contributed by atoms with Crippen LogP contribution in [0.25, 0.3) is 0 Å². The Morgan fingerprint density at radius 1 is 0.541 bits per heavy atom. The third-order valence-electron chi connectivity index (χ3n) is 6.17. The lowest BCUT2D eigenvalue weighted by molar-refractivity contribution is -0.498. The summed E-state index contributed by atoms with van der Waals surface area (Å²) >= 11 is -1.05. The summed E-state index contributed by atoms with van der Waals surface area (Å²) < 4.78 is 31.4. The van der Waals surface area contributed by atoms with Crippen molar-refractivity contribution < 1.29 is 29.6 Å². The van der Waals surface area contributed by atoms with Crippen LogP contribution in [0.2, 0.25) is 0 Å². The van der Waals surface area contributed by atoms with Gasteiger partial charge in [0.25, 0.3) is 12.5 Å². The Balaban J connectivity index is 2.02. The highest BCUT2D eigenvalue weighted by Crippen LogP contribution is 2.46. The molecule has 0 unspecified atom stereocenters. The van der Waals surface area contributed by atoms with Crippen molar-refractivity contribution in [2.45, 2.75) is 11.8 Å². The van der Waals surface area contributed by atoms with E-state index in [-0.39, 0.29) is 0 Å². The lowest BCUT2D eigenvalue weighted by Gasteiger charge is -2.28. The van der Waals surface area contributed by atoms with Crippen molar-refractivity contribution in [3.8, 4) is 0 Å². The van der Waals surface area contributed by atoms with E-state index in [9.17, 15) is 8.42 Å². The quantitative estimate of drug-likeness (QED) is 0.204. The molecule has 0 bridgehead atoms. The second kappa shape index (κ2) is 11.2. The van der Waals surface area contributed by atoms with Gasteiger partial charge in [0.1, 0.15) is 0 Å². The Morgan fingerprint density at radius 2 is 0.919 bits per heavy atom. The molecule has 0 aliphatic carbocycles. The minimum atomic E-state index is -3.80. The Bertz CT molecular complexity index is 1530. The first-order valence-electron chi connectivity index (χ1n) is 12.0. The summed E-state index contributed by atoms with van der Waals surface area (Å²) in [4.78, 5) is 0.357. The Hall–Kier alpha value is -2.92. The first kappa shape index (κ1) is 25.7. The van der Waals surface area contributed by atoms with Crippen molar-refractivity contribution in [1.29, 1.82) is 0 Å². The fourth-order valence-electron chi connectivity index (χ4n) is 4.39. The van der Waals surface area contributed by atoms with E-state index in [1.165, 1.54) is 0 Å². The lowest BCUT2D eigenvalue weighted by atomic mass is 10.2. The molecule has 37 heavy (non-hydrogen) atoms. The summed E-state index contributed by atoms with van der Waals surface area (Å²) in [5.41, 5.74) is 1.04. The third kappa shape index (κ3) is 5.11. The van der Waals surface area contributed by atoms with Crippen LogP contribution in [0.1, 0.15) is 5.56 Å². The predicted molar refractivity (Wildman–Crippen MR) is 154 cm³/mol. The Kier molecular flexibility index (Phi) is 7.80. The molecule has 0 heterocycles. The smallest absolute Gasteiger partial charge is 0.214 e. The molecule has 0 aromatic heterocycles. The minimum Gasteiger partial charge on any atom is -0.214 e. The second-order valence-electron chi connectivity index (χ2n) is 8.64. The summed E-state index contributed by atoms with van der Waals surface area (Å²) in [5, 5.41) is 3.15. The van der Waals surface area contributed by atoms with Gasteiger partial charge in [0, 0.05) is 6.89 Å². The molecule has 5 aromatic carbocycles. The van der Waals surface area contributed by atoms with Gasteiger partial charge >= 0.3 is 21.2 Å². The zero-order valence-corrected chi connectivity index (χ0v) is 24.3. The maximum Gasteiger partial charge on any atom is 0.372 e. The van der Waals surface area contributed by atoms with Gasteiger partial charge in [0.15, 0.2) is 3.57 Å². The molecule has 0 fully saturated rings. The van der Waals surface area contributed by atoms with Crippen LogP contribution in [0.4, 0.5) is 0 Å². The summed E-state index contributed by atoms with van der Waals surface area (Å²) in [6.07, 6.45) is 0. The summed E-state index contributed by atoms with van der Waals surface area (Å²) in [6, 6.07) is 48.1. The van der Waals surface area contributed by atoms with Gasteiger partial charge in [-0.3, -0.25) is 0 Å². The average Bonchev–Trinajstić information content (AvgIpc) is 2.95. The molecular formula is C32H27IO2PS+. The van der Waals surface area contributed by atoms with Crippen LogP contribution in [-0.4, -0.2) is 11.1 Å². The molecule has 0 aliphatic rings. The highest BCUT2D eigenvalue weighted by molar-refractivity contribution is 8.19. The molecule has 0 saturated carbocycles. The molecule has 0 spiro atoms. The lowest BCUT2D eigenvalue weighted by Crippen LogP contribution is -3.65. The van der Waals surface area contributed by atoms with E-state index in [0.29, 0.717) is 7.53 Å². The van der Waals surface area contributed by atoms with E-state index in [1.54, 1.807) is 12.1 Å². The first-order valence-corrected chi connectivity index (χ1v) is 17.4. The molecule has 0 amide bonds. The largest absolute Gasteiger partial charge is 0.372 e. The number of sulfone groups is 1. The monoisotopic (exact) mass is 633 g/mol. The number of rotatable bonds is 7. The highest BCUT2D eigenvalue weighted by Gasteiger charge is 2.46. The van der Waals surface area contributed by atoms with Crippen LogP contribution in [0.3, 0.4) is 0 Å². The number of halogens is 1. The van der Waals surface area contributed by atoms with Crippen LogP contribution in [0.15, 0.2) is 150 Å². The van der Waals surface area contributed by atoms with E-state index in [4.69, 9.17) is 0 Å². The van der Waals surface area contributed by atoms with Gasteiger partial charge in [-0.1, -0.05) is 127 Å². The summed E-state index contributed by atoms with van der Waals surface area (Å²) in [7, 11) is -3.80.